The first-order valence-electron chi connectivity index (χ1n) is 13.6. The Bertz CT molecular complexity index is 1150. The van der Waals surface area contributed by atoms with Gasteiger partial charge in [0.25, 0.3) is 0 Å². The van der Waals surface area contributed by atoms with Gasteiger partial charge in [-0.3, -0.25) is 18.6 Å². The maximum Gasteiger partial charge on any atom is 0.472 e. The topological polar surface area (TPSA) is 143 Å². The molecule has 42 heavy (non-hydrogen) atoms. The van der Waals surface area contributed by atoms with Gasteiger partial charge in [0.05, 0.1) is 34.1 Å². The summed E-state index contributed by atoms with van der Waals surface area (Å²) in [5.41, 5.74) is 1.88. The smallest absolute Gasteiger partial charge is 0.355 e. The van der Waals surface area contributed by atoms with Gasteiger partial charge in [0.15, 0.2) is 0 Å². The molecule has 0 saturated heterocycles. The number of thioether (sulfide) groups is 2. The van der Waals surface area contributed by atoms with E-state index in [1.54, 1.807) is 12.5 Å². The molecule has 0 fully saturated rings. The van der Waals surface area contributed by atoms with Crippen LogP contribution in [0.5, 0.6) is 0 Å². The Labute approximate surface area is 262 Å². The van der Waals surface area contributed by atoms with E-state index in [-0.39, 0.29) is 31.6 Å². The van der Waals surface area contributed by atoms with Gasteiger partial charge in [0, 0.05) is 49.0 Å². The quantitative estimate of drug-likeness (QED) is 0.0768. The summed E-state index contributed by atoms with van der Waals surface area (Å²) in [7, 11) is 1.59. The SMILES string of the molecule is CSC(=S)SCC(CC(Cc1ccccc1)C(=O)NCCOP(=O)(O)OCC[N+](C)(C)C)C(=O)NCCc1cnc[nH]1. The highest BCUT2D eigenvalue weighted by Gasteiger charge is 2.29. The molecule has 11 nitrogen and oxygen atoms in total. The molecule has 2 rings (SSSR count). The first-order chi connectivity index (χ1) is 19.9. The van der Waals surface area contributed by atoms with Gasteiger partial charge >= 0.3 is 7.82 Å². The van der Waals surface area contributed by atoms with Crippen LogP contribution in [0.15, 0.2) is 42.9 Å². The molecule has 3 atom stereocenters. The number of aromatic amines is 1. The van der Waals surface area contributed by atoms with Gasteiger partial charge in [-0.05, 0) is 24.7 Å². The highest BCUT2D eigenvalue weighted by atomic mass is 32.2. The van der Waals surface area contributed by atoms with Gasteiger partial charge in [-0.2, -0.15) is 0 Å². The molecule has 0 bridgehead atoms. The van der Waals surface area contributed by atoms with Gasteiger partial charge in [-0.1, -0.05) is 42.5 Å². The third kappa shape index (κ3) is 15.6. The molecule has 1 aromatic carbocycles. The Morgan fingerprint density at radius 1 is 1.10 bits per heavy atom. The van der Waals surface area contributed by atoms with Crippen LogP contribution >= 0.6 is 43.6 Å². The molecule has 0 saturated carbocycles. The number of likely N-dealkylation sites (N-methyl/N-ethyl adjacent to an activating group) is 1. The molecule has 4 N–H and O–H groups in total. The Morgan fingerprint density at radius 2 is 1.76 bits per heavy atom. The predicted octanol–water partition coefficient (Wildman–Crippen LogP) is 3.27. The summed E-state index contributed by atoms with van der Waals surface area (Å²) in [6, 6.07) is 9.59. The molecule has 1 heterocycles. The number of quaternary nitrogens is 1. The van der Waals surface area contributed by atoms with Crippen molar-refractivity contribution in [3.8, 4) is 0 Å². The Hall–Kier alpha value is -1.77. The zero-order chi connectivity index (χ0) is 31.0. The van der Waals surface area contributed by atoms with E-state index in [0.717, 1.165) is 14.8 Å². The maximum atomic E-state index is 13.4. The third-order valence-electron chi connectivity index (χ3n) is 6.13. The number of benzene rings is 1. The van der Waals surface area contributed by atoms with E-state index in [4.69, 9.17) is 21.3 Å². The molecule has 0 aliphatic rings. The molecule has 3 unspecified atom stereocenters. The van der Waals surface area contributed by atoms with E-state index >= 15 is 0 Å². The van der Waals surface area contributed by atoms with E-state index in [2.05, 4.69) is 20.6 Å². The number of aromatic nitrogens is 2. The lowest BCUT2D eigenvalue weighted by atomic mass is 9.88. The zero-order valence-electron chi connectivity index (χ0n) is 24.6. The Kier molecular flexibility index (Phi) is 16.3. The van der Waals surface area contributed by atoms with Crippen LogP contribution in [0.25, 0.3) is 0 Å². The third-order valence-corrected chi connectivity index (χ3v) is 9.99. The Balaban J connectivity index is 2.02. The summed E-state index contributed by atoms with van der Waals surface area (Å²) in [6.45, 7) is 0.840. The number of rotatable bonds is 19. The minimum atomic E-state index is -4.24. The van der Waals surface area contributed by atoms with Gasteiger partial charge < -0.3 is 25.0 Å². The number of hydrogen-bond acceptors (Lipinski definition) is 9. The standard InChI is InChI=1S/C27H42N5O6PS3/c1-32(2,3)13-15-38-39(35,36)37-14-12-30-25(33)22(16-21-8-6-5-7-9-21)17-23(19-42-27(40)41-4)26(34)29-11-10-24-18-28-20-31-24/h5-9,18,20,22-23H,10-17,19H2,1-4H3,(H3-,28,29,30,31,33,34,35,36)/p+1. The molecule has 234 valence electrons. The van der Waals surface area contributed by atoms with Crippen molar-refractivity contribution in [3.63, 3.8) is 0 Å². The lowest BCUT2D eigenvalue weighted by Gasteiger charge is -2.24. The summed E-state index contributed by atoms with van der Waals surface area (Å²) in [5.74, 6) is -0.970. The first kappa shape index (κ1) is 36.4. The van der Waals surface area contributed by atoms with Crippen LogP contribution < -0.4 is 10.6 Å². The first-order valence-corrected chi connectivity index (χ1v) is 17.7. The van der Waals surface area contributed by atoms with Crippen molar-refractivity contribution in [1.29, 1.82) is 0 Å². The average Bonchev–Trinajstić information content (AvgIpc) is 3.45. The van der Waals surface area contributed by atoms with Crippen molar-refractivity contribution in [3.05, 3.63) is 54.1 Å². The van der Waals surface area contributed by atoms with Crippen LogP contribution in [-0.2, 0) is 36.0 Å². The highest BCUT2D eigenvalue weighted by Crippen LogP contribution is 2.42. The number of thiocarbonyl (C=S) groups is 1. The molecule has 2 amide bonds. The molecule has 2 aromatic rings. The van der Waals surface area contributed by atoms with Crippen LogP contribution in [0.1, 0.15) is 17.7 Å². The number of carbonyl (C=O) groups is 2. The second kappa shape index (κ2) is 18.8. The fourth-order valence-corrected chi connectivity index (χ4v) is 6.05. The van der Waals surface area contributed by atoms with Gasteiger partial charge in [0.1, 0.15) is 16.7 Å². The van der Waals surface area contributed by atoms with E-state index < -0.39 is 19.7 Å². The van der Waals surface area contributed by atoms with Crippen molar-refractivity contribution < 1.29 is 32.6 Å². The van der Waals surface area contributed by atoms with E-state index in [9.17, 15) is 19.0 Å². The maximum absolute atomic E-state index is 13.4. The molecule has 1 aromatic heterocycles. The Morgan fingerprint density at radius 3 is 2.40 bits per heavy atom. The lowest BCUT2D eigenvalue weighted by molar-refractivity contribution is -0.870. The fraction of sp³-hybridized carbons (Fsp3) is 0.556. The van der Waals surface area contributed by atoms with Crippen molar-refractivity contribution in [2.75, 3.05) is 66.0 Å². The van der Waals surface area contributed by atoms with Crippen LogP contribution in [0, 0.1) is 11.8 Å². The average molecular weight is 661 g/mol. The predicted molar refractivity (Wildman–Crippen MR) is 173 cm³/mol. The van der Waals surface area contributed by atoms with Crippen molar-refractivity contribution in [2.45, 2.75) is 19.3 Å². The molecule has 0 aliphatic carbocycles. The van der Waals surface area contributed by atoms with E-state index in [0.29, 0.717) is 42.6 Å². The van der Waals surface area contributed by atoms with Gasteiger partial charge in [-0.15, -0.1) is 23.5 Å². The van der Waals surface area contributed by atoms with Crippen molar-refractivity contribution >= 4 is 58.9 Å². The number of amides is 2. The second-order valence-electron chi connectivity index (χ2n) is 10.6. The number of phosphoric acid groups is 1. The number of nitrogens with zero attached hydrogens (tertiary/aromatic N) is 2. The largest absolute Gasteiger partial charge is 0.472 e. The van der Waals surface area contributed by atoms with Crippen LogP contribution in [0.4, 0.5) is 0 Å². The number of nitrogens with one attached hydrogen (secondary N) is 3. The van der Waals surface area contributed by atoms with Gasteiger partial charge in [0.2, 0.25) is 11.8 Å². The molecular formula is C27H43N5O6PS3+. The minimum Gasteiger partial charge on any atom is -0.355 e. The van der Waals surface area contributed by atoms with Crippen LogP contribution in [0.3, 0.4) is 0 Å². The van der Waals surface area contributed by atoms with E-state index in [1.807, 2.05) is 57.7 Å². The molecule has 0 radical (unpaired) electrons. The summed E-state index contributed by atoms with van der Waals surface area (Å²) in [4.78, 5) is 43.6. The molecule has 15 heteroatoms. The van der Waals surface area contributed by atoms with E-state index in [1.165, 1.54) is 23.5 Å². The monoisotopic (exact) mass is 660 g/mol. The molecular weight excluding hydrogens is 618 g/mol. The number of imidazole rings is 1. The van der Waals surface area contributed by atoms with Crippen molar-refractivity contribution in [2.24, 2.45) is 11.8 Å². The number of carbonyl (C=O) groups excluding carboxylic acids is 2. The number of H-pyrrole nitrogens is 1. The summed E-state index contributed by atoms with van der Waals surface area (Å²) in [6.07, 6.45) is 6.53. The zero-order valence-corrected chi connectivity index (χ0v) is 28.0. The fourth-order valence-electron chi connectivity index (χ4n) is 3.84. The van der Waals surface area contributed by atoms with Crippen LogP contribution in [-0.4, -0.2) is 101 Å². The molecule has 0 aliphatic heterocycles. The van der Waals surface area contributed by atoms with Crippen LogP contribution in [0.2, 0.25) is 0 Å². The summed E-state index contributed by atoms with van der Waals surface area (Å²) < 4.78 is 23.5. The molecule has 0 spiro atoms. The van der Waals surface area contributed by atoms with Crippen molar-refractivity contribution in [1.82, 2.24) is 20.6 Å². The number of phosphoric ester groups is 1. The normalized spacial score (nSPS) is 14.5. The summed E-state index contributed by atoms with van der Waals surface area (Å²) >= 11 is 8.23. The number of hydrogen-bond donors (Lipinski definition) is 4. The second-order valence-corrected chi connectivity index (χ2v) is 15.1. The highest BCUT2D eigenvalue weighted by molar-refractivity contribution is 8.47. The minimum absolute atomic E-state index is 0.0136. The summed E-state index contributed by atoms with van der Waals surface area (Å²) in [5, 5.41) is 5.79. The lowest BCUT2D eigenvalue weighted by Crippen LogP contribution is -2.39. The van der Waals surface area contributed by atoms with Gasteiger partial charge in [-0.25, -0.2) is 9.55 Å².